The van der Waals surface area contributed by atoms with E-state index in [2.05, 4.69) is 74.9 Å². The van der Waals surface area contributed by atoms with Crippen LogP contribution in [0.1, 0.15) is 158 Å². The zero-order valence-electron chi connectivity index (χ0n) is 64.8. The number of aliphatic hydroxyl groups is 2. The molecule has 2 aromatic carbocycles. The van der Waals surface area contributed by atoms with E-state index in [1.54, 1.807) is 24.8 Å². The molecule has 8 rings (SSSR count). The standard InChI is InChI=1S/C39H60N6O7.C29H42N4O6.C10H20N2O2.ClH/c1-9-12-17-27(32(46)34(48)41-18-10-2)42-33(47)31-29-26(39(29,7)8)21-45(31)35(49)30(25-19-23-15-13-14-16-24(23)20-25)44-36(50)43-28(38(4,5)6)22-52-37(51)40-11-3;1-7-30-27(38)39-15-20(28(2,3)4)31-26(37)32-22(18-12-16-10-8-9-11-17(16)13-18)24(34)33-14-19-21(29(19,5)6)23(33)25(35)36;1-3-5-6-8(11)9(13)10(14)12-7-4-2;/h10,13-16,25-32,46H,2,9,11-12,17-22H2,1,3-8H3,(H,40,51)(H,41,48)(H,42,47)(H2,43,44,50);8-11,18-23H,7,12-15H2,1-6H3,(H,30,38)(H,35,36)(H2,31,32,37);4,8-9,13H,2-3,5-7,11H2,1H3,(H,12,14);1H/t26-,27?,28+,29-,30-,31-,32?;19-,20+,21-,22-,23-;;/m00../s1. The Balaban J connectivity index is 0.000000328. The molecule has 592 valence electrons. The lowest BCUT2D eigenvalue weighted by atomic mass is 9.87. The van der Waals surface area contributed by atoms with Crippen molar-refractivity contribution in [3.63, 3.8) is 0 Å². The van der Waals surface area contributed by atoms with E-state index in [0.29, 0.717) is 77.7 Å². The molecule has 2 saturated heterocycles. The maximum absolute atomic E-state index is 14.8. The quantitative estimate of drug-likeness (QED) is 0.0361. The Bertz CT molecular complexity index is 3330. The fourth-order valence-corrected chi connectivity index (χ4v) is 15.3. The molecule has 14 N–H and O–H groups in total. The van der Waals surface area contributed by atoms with Crippen LogP contribution in [0, 0.1) is 57.2 Å². The first kappa shape index (κ1) is 88.6. The van der Waals surface area contributed by atoms with Crippen LogP contribution in [0.3, 0.4) is 0 Å². The topological polar surface area (TPSA) is 391 Å². The Labute approximate surface area is 632 Å². The summed E-state index contributed by atoms with van der Waals surface area (Å²) in [5.41, 5.74) is 8.88. The van der Waals surface area contributed by atoms with Crippen molar-refractivity contribution in [2.24, 2.45) is 62.9 Å². The lowest BCUT2D eigenvalue weighted by Crippen LogP contribution is -2.61. The number of halogens is 1. The third-order valence-electron chi connectivity index (χ3n) is 22.1. The molecule has 4 unspecified atom stereocenters. The summed E-state index contributed by atoms with van der Waals surface area (Å²) < 4.78 is 10.7. The number of carbonyl (C=O) groups is 10. The minimum Gasteiger partial charge on any atom is -0.480 e. The van der Waals surface area contributed by atoms with Crippen molar-refractivity contribution < 1.29 is 72.7 Å². The van der Waals surface area contributed by atoms with E-state index in [0.717, 1.165) is 41.5 Å². The largest absolute Gasteiger partial charge is 0.480 e. The van der Waals surface area contributed by atoms with Gasteiger partial charge in [0.15, 0.2) is 6.10 Å². The van der Waals surface area contributed by atoms with Gasteiger partial charge in [0.25, 0.3) is 11.8 Å². The summed E-state index contributed by atoms with van der Waals surface area (Å²) >= 11 is 0. The summed E-state index contributed by atoms with van der Waals surface area (Å²) in [4.78, 5) is 133. The molecule has 0 radical (unpaired) electrons. The van der Waals surface area contributed by atoms with Gasteiger partial charge in [-0.05, 0) is 126 Å². The van der Waals surface area contributed by atoms with Gasteiger partial charge in [-0.2, -0.15) is 0 Å². The second kappa shape index (κ2) is 39.2. The molecule has 28 heteroatoms. The summed E-state index contributed by atoms with van der Waals surface area (Å²) in [6.07, 6.45) is 6.15. The second-order valence-corrected chi connectivity index (χ2v) is 32.3. The van der Waals surface area contributed by atoms with Gasteiger partial charge in [0.1, 0.15) is 43.5 Å². The van der Waals surface area contributed by atoms with Crippen LogP contribution in [0.25, 0.3) is 0 Å². The van der Waals surface area contributed by atoms with Gasteiger partial charge in [0.05, 0.1) is 18.1 Å². The number of aliphatic hydroxyl groups excluding tert-OH is 2. The number of ether oxygens (including phenoxy) is 2. The number of hydrogen-bond acceptors (Lipinski definition) is 15. The van der Waals surface area contributed by atoms with E-state index < -0.39 is 119 Å². The number of nitrogens with two attached hydrogens (primary N) is 1. The number of likely N-dealkylation sites (tertiary alicyclic amines) is 2. The number of unbranched alkanes of at least 4 members (excludes halogenated alkanes) is 2. The summed E-state index contributed by atoms with van der Waals surface area (Å²) in [5, 5.41) is 55.5. The number of nitrogens with zero attached hydrogens (tertiary/aromatic N) is 2. The van der Waals surface area contributed by atoms with E-state index in [-0.39, 0.29) is 90.3 Å². The molecule has 0 aromatic heterocycles. The van der Waals surface area contributed by atoms with E-state index >= 15 is 0 Å². The maximum Gasteiger partial charge on any atom is 0.407 e. The normalized spacial score (nSPS) is 22.0. The Kier molecular flexibility index (Phi) is 32.8. The number of alkyl carbamates (subject to hydrolysis) is 2. The highest BCUT2D eigenvalue weighted by atomic mass is 35.5. The number of urea groups is 2. The minimum atomic E-state index is -1.48. The highest BCUT2D eigenvalue weighted by Gasteiger charge is 2.71. The van der Waals surface area contributed by atoms with Crippen LogP contribution in [-0.4, -0.2) is 198 Å². The molecule has 4 aliphatic carbocycles. The molecule has 2 saturated carbocycles. The summed E-state index contributed by atoms with van der Waals surface area (Å²) in [6, 6.07) is 8.79. The predicted octanol–water partition coefficient (Wildman–Crippen LogP) is 6.44. The Morgan fingerprint density at radius 3 is 1.29 bits per heavy atom. The molecule has 0 spiro atoms. The lowest BCUT2D eigenvalue weighted by molar-refractivity contribution is -0.151. The first-order valence-corrected chi connectivity index (χ1v) is 37.5. The fourth-order valence-electron chi connectivity index (χ4n) is 15.3. The number of rotatable bonds is 31. The number of hydrogen-bond donors (Lipinski definition) is 13. The number of carboxylic acid groups (broad SMARTS) is 1. The highest BCUT2D eigenvalue weighted by molar-refractivity contribution is 5.95. The number of fused-ring (bicyclic) bond motifs is 4. The molecule has 0 bridgehead atoms. The van der Waals surface area contributed by atoms with Crippen LogP contribution in [0.15, 0.2) is 73.8 Å². The van der Waals surface area contributed by atoms with Crippen molar-refractivity contribution in [2.45, 2.75) is 222 Å². The molecule has 2 aliphatic heterocycles. The number of benzene rings is 2. The number of aliphatic carboxylic acids is 1. The molecule has 27 nitrogen and oxygen atoms in total. The Hall–Kier alpha value is -8.01. The number of nitrogens with one attached hydrogen (secondary N) is 9. The van der Waals surface area contributed by atoms with Gasteiger partial charge in [-0.1, -0.05) is 169 Å². The first-order valence-electron chi connectivity index (χ1n) is 37.5. The Morgan fingerprint density at radius 2 is 0.934 bits per heavy atom. The van der Waals surface area contributed by atoms with E-state index in [1.165, 1.54) is 11.0 Å². The van der Waals surface area contributed by atoms with Gasteiger partial charge >= 0.3 is 30.2 Å². The summed E-state index contributed by atoms with van der Waals surface area (Å²) in [7, 11) is 0. The maximum atomic E-state index is 14.8. The predicted molar refractivity (Wildman–Crippen MR) is 407 cm³/mol. The fraction of sp³-hybridized carbons (Fsp3) is 0.667. The molecular weight excluding hydrogens is 1380 g/mol. The monoisotopic (exact) mass is 1500 g/mol. The number of piperidine rings is 2. The summed E-state index contributed by atoms with van der Waals surface area (Å²) in [6.45, 7) is 36.4. The SMILES string of the molecule is C=CCNC(=O)C(O)C(CCCC)NC(=O)[C@@H]1[C@@H]2[C@H](CN1C(=O)[C@@H](NC(=O)N[C@H](COC(=O)NCC)C(C)(C)C)C1Cc3ccccc3C1)C2(C)C.C=CCNC(=O)C(O)C(N)CCCC.CCNC(=O)OC[C@@H](NC(=O)N[C@H](C(=O)N1C[C@H]2[C@@H]([C@H]1C(=O)O)C2(C)C)C1Cc2ccccc2C1)C(C)(C)C.Cl. The Morgan fingerprint density at radius 1 is 0.566 bits per heavy atom. The van der Waals surface area contributed by atoms with E-state index in [9.17, 15) is 63.3 Å². The van der Waals surface area contributed by atoms with Crippen molar-refractivity contribution >= 4 is 72.2 Å². The molecule has 4 fully saturated rings. The third kappa shape index (κ3) is 23.0. The van der Waals surface area contributed by atoms with Gasteiger partial charge in [-0.15, -0.1) is 25.6 Å². The minimum absolute atomic E-state index is 0. The van der Waals surface area contributed by atoms with Gasteiger partial charge in [-0.3, -0.25) is 24.0 Å². The van der Waals surface area contributed by atoms with Crippen molar-refractivity contribution in [1.82, 2.24) is 57.7 Å². The van der Waals surface area contributed by atoms with Crippen molar-refractivity contribution in [3.8, 4) is 0 Å². The molecule has 11 amide bonds. The van der Waals surface area contributed by atoms with Crippen molar-refractivity contribution in [1.29, 1.82) is 0 Å². The van der Waals surface area contributed by atoms with Crippen LogP contribution in [0.5, 0.6) is 0 Å². The van der Waals surface area contributed by atoms with Gasteiger partial charge in [-0.25, -0.2) is 24.0 Å². The zero-order valence-corrected chi connectivity index (χ0v) is 65.6. The average Bonchev–Trinajstić information content (AvgIpc) is 1.53. The number of amides is 11. The van der Waals surface area contributed by atoms with Crippen LogP contribution < -0.4 is 53.6 Å². The average molecular weight is 1500 g/mol. The molecule has 2 aromatic rings. The smallest absolute Gasteiger partial charge is 0.407 e. The van der Waals surface area contributed by atoms with E-state index in [1.807, 2.05) is 118 Å². The van der Waals surface area contributed by atoms with Crippen molar-refractivity contribution in [3.05, 3.63) is 96.1 Å². The van der Waals surface area contributed by atoms with Crippen LogP contribution in [0.2, 0.25) is 0 Å². The molecule has 6 aliphatic rings. The van der Waals surface area contributed by atoms with Crippen molar-refractivity contribution in [2.75, 3.05) is 52.5 Å². The molecule has 14 atom stereocenters. The molecular formula is C78H123ClN12O15. The molecule has 2 heterocycles. The number of carboxylic acids is 1. The van der Waals surface area contributed by atoms with Crippen LogP contribution in [-0.2, 0) is 63.9 Å². The molecule has 106 heavy (non-hydrogen) atoms. The zero-order chi connectivity index (χ0) is 78.1. The number of carbonyl (C=O) groups excluding carboxylic acids is 9. The van der Waals surface area contributed by atoms with Gasteiger partial charge in [0.2, 0.25) is 17.7 Å². The summed E-state index contributed by atoms with van der Waals surface area (Å²) in [5.74, 6) is -3.64. The van der Waals surface area contributed by atoms with Gasteiger partial charge < -0.3 is 88.2 Å². The third-order valence-corrected chi connectivity index (χ3v) is 22.1. The first-order chi connectivity index (χ1) is 49.4. The highest BCUT2D eigenvalue weighted by Crippen LogP contribution is 2.66. The van der Waals surface area contributed by atoms with E-state index in [4.69, 9.17) is 15.2 Å². The lowest BCUT2D eigenvalue weighted by Gasteiger charge is -2.36. The van der Waals surface area contributed by atoms with Crippen LogP contribution >= 0.6 is 12.4 Å². The van der Waals surface area contributed by atoms with Crippen LogP contribution in [0.4, 0.5) is 19.2 Å². The van der Waals surface area contributed by atoms with Gasteiger partial charge in [0, 0.05) is 51.2 Å². The second-order valence-electron chi connectivity index (χ2n) is 32.3.